The Labute approximate surface area is 104 Å². The van der Waals surface area contributed by atoms with Gasteiger partial charge in [0.05, 0.1) is 0 Å². The Balaban J connectivity index is 2.98. The smallest absolute Gasteiger partial charge is 0.217 e. The van der Waals surface area contributed by atoms with Crippen molar-refractivity contribution in [2.75, 3.05) is 0 Å². The van der Waals surface area contributed by atoms with Crippen molar-refractivity contribution in [1.29, 1.82) is 0 Å². The maximum absolute atomic E-state index is 10.5. The molecule has 4 heteroatoms. The van der Waals surface area contributed by atoms with E-state index in [0.29, 0.717) is 12.8 Å². The Kier molecular flexibility index (Phi) is 10.7. The van der Waals surface area contributed by atoms with Gasteiger partial charge in [0.1, 0.15) is 0 Å². The van der Waals surface area contributed by atoms with Gasteiger partial charge < -0.3 is 11.5 Å². The Morgan fingerprint density at radius 2 is 1.12 bits per heavy atom. The highest BCUT2D eigenvalue weighted by Crippen LogP contribution is 2.10. The summed E-state index contributed by atoms with van der Waals surface area (Å²) in [5.41, 5.74) is 10.1. The normalized spacial score (nSPS) is 10.4. The summed E-state index contributed by atoms with van der Waals surface area (Å²) in [7, 11) is 0. The number of hydrogen-bond acceptors (Lipinski definition) is 2. The van der Waals surface area contributed by atoms with Gasteiger partial charge in [0.2, 0.25) is 11.8 Å². The molecule has 0 aromatic carbocycles. The van der Waals surface area contributed by atoms with E-state index in [0.717, 1.165) is 51.4 Å². The van der Waals surface area contributed by atoms with E-state index >= 15 is 0 Å². The fourth-order valence-corrected chi connectivity index (χ4v) is 1.67. The summed E-state index contributed by atoms with van der Waals surface area (Å²) in [5, 5.41) is 0. The highest BCUT2D eigenvalue weighted by Gasteiger charge is 1.96. The number of unbranched alkanes of at least 4 members (excludes halogenated alkanes) is 8. The van der Waals surface area contributed by atoms with Crippen LogP contribution in [0.1, 0.15) is 64.2 Å². The summed E-state index contributed by atoms with van der Waals surface area (Å²) in [6, 6.07) is 0. The lowest BCUT2D eigenvalue weighted by atomic mass is 10.1. The minimum atomic E-state index is -0.205. The Bertz CT molecular complexity index is 195. The first kappa shape index (κ1) is 15.9. The molecule has 0 spiro atoms. The lowest BCUT2D eigenvalue weighted by Crippen LogP contribution is -2.09. The average Bonchev–Trinajstić information content (AvgIpc) is 2.25. The first-order valence-electron chi connectivity index (χ1n) is 6.51. The van der Waals surface area contributed by atoms with E-state index < -0.39 is 0 Å². The zero-order valence-corrected chi connectivity index (χ0v) is 10.6. The molecule has 4 nitrogen and oxygen atoms in total. The Morgan fingerprint density at radius 3 is 1.47 bits per heavy atom. The third-order valence-corrected chi connectivity index (χ3v) is 2.66. The first-order chi connectivity index (χ1) is 8.13. The van der Waals surface area contributed by atoms with E-state index in [1.807, 2.05) is 0 Å². The van der Waals surface area contributed by atoms with Gasteiger partial charge in [0.15, 0.2) is 0 Å². The van der Waals surface area contributed by atoms with Crippen molar-refractivity contribution in [2.24, 2.45) is 11.5 Å². The van der Waals surface area contributed by atoms with Crippen LogP contribution < -0.4 is 11.5 Å². The number of nitrogens with two attached hydrogens (primary N) is 2. The molecule has 1 radical (unpaired) electrons. The van der Waals surface area contributed by atoms with Gasteiger partial charge in [0.25, 0.3) is 0 Å². The predicted octanol–water partition coefficient (Wildman–Crippen LogP) is 2.06. The van der Waals surface area contributed by atoms with Gasteiger partial charge in [-0.05, 0) is 19.3 Å². The first-order valence-corrected chi connectivity index (χ1v) is 6.51. The highest BCUT2D eigenvalue weighted by molar-refractivity contribution is 5.73. The van der Waals surface area contributed by atoms with Crippen molar-refractivity contribution in [1.82, 2.24) is 0 Å². The zero-order chi connectivity index (χ0) is 12.9. The molecule has 0 saturated carbocycles. The van der Waals surface area contributed by atoms with Crippen LogP contribution in [0, 0.1) is 6.42 Å². The van der Waals surface area contributed by atoms with Crippen LogP contribution in [0.15, 0.2) is 0 Å². The van der Waals surface area contributed by atoms with Gasteiger partial charge in [-0.2, -0.15) is 0 Å². The van der Waals surface area contributed by atoms with Crippen LogP contribution in [-0.4, -0.2) is 11.8 Å². The van der Waals surface area contributed by atoms with Crippen molar-refractivity contribution >= 4 is 11.8 Å². The van der Waals surface area contributed by atoms with Crippen molar-refractivity contribution < 1.29 is 9.59 Å². The second kappa shape index (κ2) is 11.4. The number of carbonyl (C=O) groups excluding carboxylic acids is 2. The van der Waals surface area contributed by atoms with Crippen LogP contribution in [0.4, 0.5) is 0 Å². The van der Waals surface area contributed by atoms with Gasteiger partial charge in [-0.15, -0.1) is 0 Å². The number of rotatable bonds is 12. The SMILES string of the molecule is NC(=O)CCCCC[CH]CCCCCC(N)=O. The standard InChI is InChI=1S/C13H25N2O2/c14-12(16)10-8-6-4-2-1-3-5-7-9-11-13(15)17/h1H,2-11H2,(H2,14,16)(H2,15,17). The maximum Gasteiger partial charge on any atom is 0.217 e. The van der Waals surface area contributed by atoms with Crippen LogP contribution in [0.2, 0.25) is 0 Å². The molecule has 0 aromatic heterocycles. The molecule has 4 N–H and O–H groups in total. The number of amides is 2. The fourth-order valence-electron chi connectivity index (χ4n) is 1.67. The summed E-state index contributed by atoms with van der Waals surface area (Å²) in [6.45, 7) is 0. The number of carbonyl (C=O) groups is 2. The van der Waals surface area contributed by atoms with E-state index in [1.54, 1.807) is 0 Å². The molecule has 0 bridgehead atoms. The number of hydrogen-bond donors (Lipinski definition) is 2. The molecule has 0 aromatic rings. The molecule has 0 heterocycles. The minimum absolute atomic E-state index is 0.205. The third-order valence-electron chi connectivity index (χ3n) is 2.66. The Hall–Kier alpha value is -1.06. The van der Waals surface area contributed by atoms with Crippen molar-refractivity contribution in [3.8, 4) is 0 Å². The second-order valence-electron chi connectivity index (χ2n) is 4.42. The molecule has 0 unspecified atom stereocenters. The third kappa shape index (κ3) is 14.9. The average molecular weight is 241 g/mol. The molecular formula is C13H25N2O2. The molecular weight excluding hydrogens is 216 g/mol. The van der Waals surface area contributed by atoms with E-state index in [-0.39, 0.29) is 11.8 Å². The van der Waals surface area contributed by atoms with E-state index in [4.69, 9.17) is 11.5 Å². The van der Waals surface area contributed by atoms with E-state index in [2.05, 4.69) is 6.42 Å². The van der Waals surface area contributed by atoms with Gasteiger partial charge in [-0.25, -0.2) is 0 Å². The topological polar surface area (TPSA) is 86.2 Å². The molecule has 0 atom stereocenters. The molecule has 0 aliphatic carbocycles. The molecule has 99 valence electrons. The minimum Gasteiger partial charge on any atom is -0.370 e. The zero-order valence-electron chi connectivity index (χ0n) is 10.6. The second-order valence-corrected chi connectivity index (χ2v) is 4.42. The predicted molar refractivity (Wildman–Crippen MR) is 68.9 cm³/mol. The van der Waals surface area contributed by atoms with Crippen molar-refractivity contribution in [3.05, 3.63) is 6.42 Å². The van der Waals surface area contributed by atoms with Gasteiger partial charge in [-0.3, -0.25) is 9.59 Å². The molecule has 2 amide bonds. The molecule has 0 fully saturated rings. The van der Waals surface area contributed by atoms with E-state index in [9.17, 15) is 9.59 Å². The quantitative estimate of drug-likeness (QED) is 0.512. The summed E-state index contributed by atoms with van der Waals surface area (Å²) >= 11 is 0. The van der Waals surface area contributed by atoms with Crippen LogP contribution in [0.25, 0.3) is 0 Å². The van der Waals surface area contributed by atoms with E-state index in [1.165, 1.54) is 0 Å². The molecule has 17 heavy (non-hydrogen) atoms. The van der Waals surface area contributed by atoms with Crippen LogP contribution in [-0.2, 0) is 9.59 Å². The Morgan fingerprint density at radius 1 is 0.706 bits per heavy atom. The summed E-state index contributed by atoms with van der Waals surface area (Å²) in [4.78, 5) is 20.9. The maximum atomic E-state index is 10.5. The lowest BCUT2D eigenvalue weighted by molar-refractivity contribution is -0.119. The van der Waals surface area contributed by atoms with Gasteiger partial charge in [-0.1, -0.05) is 38.5 Å². The van der Waals surface area contributed by atoms with Crippen LogP contribution >= 0.6 is 0 Å². The summed E-state index contributed by atoms with van der Waals surface area (Å²) < 4.78 is 0. The molecule has 0 aliphatic heterocycles. The largest absolute Gasteiger partial charge is 0.370 e. The summed E-state index contributed by atoms with van der Waals surface area (Å²) in [5.74, 6) is -0.410. The van der Waals surface area contributed by atoms with Gasteiger partial charge >= 0.3 is 0 Å². The molecule has 0 rings (SSSR count). The van der Waals surface area contributed by atoms with Crippen molar-refractivity contribution in [3.63, 3.8) is 0 Å². The highest BCUT2D eigenvalue weighted by atomic mass is 16.1. The summed E-state index contributed by atoms with van der Waals surface area (Å²) in [6.07, 6.45) is 11.7. The molecule has 0 saturated heterocycles. The fraction of sp³-hybridized carbons (Fsp3) is 0.769. The number of primary amides is 2. The lowest BCUT2D eigenvalue weighted by Gasteiger charge is -2.01. The van der Waals surface area contributed by atoms with Crippen LogP contribution in [0.3, 0.4) is 0 Å². The van der Waals surface area contributed by atoms with Gasteiger partial charge in [0, 0.05) is 12.8 Å². The monoisotopic (exact) mass is 241 g/mol. The molecule has 0 aliphatic rings. The van der Waals surface area contributed by atoms with Crippen LogP contribution in [0.5, 0.6) is 0 Å². The van der Waals surface area contributed by atoms with Crippen molar-refractivity contribution in [2.45, 2.75) is 64.2 Å².